The van der Waals surface area contributed by atoms with E-state index in [0.29, 0.717) is 0 Å². The van der Waals surface area contributed by atoms with Crippen molar-refractivity contribution >= 4 is 5.91 Å². The van der Waals surface area contributed by atoms with Crippen LogP contribution < -0.4 is 0 Å². The van der Waals surface area contributed by atoms with Crippen LogP contribution in [0.15, 0.2) is 30.3 Å². The van der Waals surface area contributed by atoms with Crippen molar-refractivity contribution in [3.05, 3.63) is 52.8 Å². The quantitative estimate of drug-likeness (QED) is 0.859. The van der Waals surface area contributed by atoms with Crippen LogP contribution in [0.2, 0.25) is 0 Å². The fraction of sp³-hybridized carbons (Fsp3) is 0.500. The van der Waals surface area contributed by atoms with E-state index in [2.05, 4.69) is 16.9 Å². The first-order chi connectivity index (χ1) is 11.9. The summed E-state index contributed by atoms with van der Waals surface area (Å²) in [5, 5.41) is 4.56. The van der Waals surface area contributed by atoms with E-state index in [1.807, 2.05) is 68.0 Å². The first-order valence-corrected chi connectivity index (χ1v) is 8.93. The van der Waals surface area contributed by atoms with Gasteiger partial charge in [-0.05, 0) is 46.3 Å². The first-order valence-electron chi connectivity index (χ1n) is 8.93. The maximum atomic E-state index is 13.5. The first kappa shape index (κ1) is 17.7. The number of hydrogen-bond acceptors (Lipinski definition) is 3. The van der Waals surface area contributed by atoms with E-state index in [4.69, 9.17) is 0 Å². The Kier molecular flexibility index (Phi) is 4.95. The van der Waals surface area contributed by atoms with Gasteiger partial charge in [0.2, 0.25) is 5.91 Å². The highest BCUT2D eigenvalue weighted by molar-refractivity contribution is 5.84. The fourth-order valence-corrected chi connectivity index (χ4v) is 4.06. The molecule has 3 rings (SSSR count). The van der Waals surface area contributed by atoms with E-state index in [1.165, 1.54) is 5.56 Å². The molecule has 5 heteroatoms. The summed E-state index contributed by atoms with van der Waals surface area (Å²) in [6.45, 7) is 4.95. The Bertz CT molecular complexity index is 751. The number of rotatable bonds is 4. The minimum Gasteiger partial charge on any atom is -0.334 e. The third kappa shape index (κ3) is 3.21. The molecule has 1 aliphatic heterocycles. The molecular weight excluding hydrogens is 312 g/mol. The van der Waals surface area contributed by atoms with Gasteiger partial charge in [0.1, 0.15) is 6.04 Å². The highest BCUT2D eigenvalue weighted by Crippen LogP contribution is 2.37. The average Bonchev–Trinajstić information content (AvgIpc) is 3.13. The van der Waals surface area contributed by atoms with Gasteiger partial charge >= 0.3 is 0 Å². The Morgan fingerprint density at radius 1 is 1.24 bits per heavy atom. The van der Waals surface area contributed by atoms with E-state index in [0.717, 1.165) is 36.3 Å². The number of carbonyl (C=O) groups excluding carboxylic acids is 1. The molecule has 134 valence electrons. The fourth-order valence-electron chi connectivity index (χ4n) is 4.06. The minimum atomic E-state index is -0.251. The number of likely N-dealkylation sites (N-methyl/N-ethyl adjacent to an activating group) is 1. The van der Waals surface area contributed by atoms with Gasteiger partial charge in [-0.2, -0.15) is 5.10 Å². The predicted octanol–water partition coefficient (Wildman–Crippen LogP) is 3.00. The molecule has 0 saturated carbocycles. The smallest absolute Gasteiger partial charge is 0.245 e. The molecule has 1 aromatic carbocycles. The van der Waals surface area contributed by atoms with E-state index >= 15 is 0 Å². The number of likely N-dealkylation sites (tertiary alicyclic amines) is 1. The van der Waals surface area contributed by atoms with Crippen molar-refractivity contribution in [3.8, 4) is 0 Å². The van der Waals surface area contributed by atoms with Crippen molar-refractivity contribution in [2.24, 2.45) is 7.05 Å². The summed E-state index contributed by atoms with van der Waals surface area (Å²) >= 11 is 0. The molecule has 0 bridgehead atoms. The maximum Gasteiger partial charge on any atom is 0.245 e. The second kappa shape index (κ2) is 7.00. The van der Waals surface area contributed by atoms with E-state index in [-0.39, 0.29) is 18.0 Å². The second-order valence-corrected chi connectivity index (χ2v) is 7.17. The minimum absolute atomic E-state index is 0.132. The number of aromatic nitrogens is 2. The van der Waals surface area contributed by atoms with Gasteiger partial charge in [0, 0.05) is 24.8 Å². The Morgan fingerprint density at radius 3 is 2.48 bits per heavy atom. The molecule has 0 radical (unpaired) electrons. The molecule has 1 amide bonds. The van der Waals surface area contributed by atoms with Crippen molar-refractivity contribution in [2.75, 3.05) is 20.6 Å². The van der Waals surface area contributed by atoms with Crippen molar-refractivity contribution in [1.29, 1.82) is 0 Å². The molecule has 5 nitrogen and oxygen atoms in total. The number of benzene rings is 1. The lowest BCUT2D eigenvalue weighted by molar-refractivity contribution is -0.137. The highest BCUT2D eigenvalue weighted by Gasteiger charge is 2.37. The van der Waals surface area contributed by atoms with Crippen molar-refractivity contribution in [2.45, 2.75) is 38.8 Å². The second-order valence-electron chi connectivity index (χ2n) is 7.17. The van der Waals surface area contributed by atoms with Gasteiger partial charge in [-0.1, -0.05) is 30.3 Å². The lowest BCUT2D eigenvalue weighted by Gasteiger charge is -2.32. The number of aryl methyl sites for hydroxylation is 2. The van der Waals surface area contributed by atoms with E-state index in [1.54, 1.807) is 0 Å². The summed E-state index contributed by atoms with van der Waals surface area (Å²) < 4.78 is 1.92. The van der Waals surface area contributed by atoms with Crippen LogP contribution in [0.25, 0.3) is 0 Å². The molecule has 25 heavy (non-hydrogen) atoms. The zero-order valence-corrected chi connectivity index (χ0v) is 15.9. The predicted molar refractivity (Wildman–Crippen MR) is 99.2 cm³/mol. The zero-order valence-electron chi connectivity index (χ0n) is 15.9. The third-order valence-corrected chi connectivity index (χ3v) is 5.30. The molecule has 1 saturated heterocycles. The van der Waals surface area contributed by atoms with Crippen molar-refractivity contribution in [1.82, 2.24) is 19.6 Å². The van der Waals surface area contributed by atoms with Gasteiger partial charge in [-0.15, -0.1) is 0 Å². The van der Waals surface area contributed by atoms with Crippen LogP contribution in [0.4, 0.5) is 0 Å². The zero-order chi connectivity index (χ0) is 18.1. The molecule has 1 fully saturated rings. The number of nitrogens with zero attached hydrogens (tertiary/aromatic N) is 4. The van der Waals surface area contributed by atoms with Crippen LogP contribution in [0.5, 0.6) is 0 Å². The molecule has 0 aliphatic carbocycles. The van der Waals surface area contributed by atoms with Gasteiger partial charge < -0.3 is 4.90 Å². The summed E-state index contributed by atoms with van der Waals surface area (Å²) in [5.74, 6) is 0.182. The Labute approximate surface area is 150 Å². The number of amides is 1. The summed E-state index contributed by atoms with van der Waals surface area (Å²) in [6.07, 6.45) is 2.05. The molecule has 0 spiro atoms. The molecular formula is C20H28N4O. The van der Waals surface area contributed by atoms with Crippen molar-refractivity contribution in [3.63, 3.8) is 0 Å². The number of hydrogen-bond donors (Lipinski definition) is 0. The lowest BCUT2D eigenvalue weighted by Crippen LogP contribution is -2.40. The van der Waals surface area contributed by atoms with Gasteiger partial charge in [0.15, 0.2) is 0 Å². The van der Waals surface area contributed by atoms with Crippen LogP contribution in [-0.2, 0) is 11.8 Å². The maximum absolute atomic E-state index is 13.5. The van der Waals surface area contributed by atoms with Crippen LogP contribution >= 0.6 is 0 Å². The molecule has 2 heterocycles. The highest BCUT2D eigenvalue weighted by atomic mass is 16.2. The van der Waals surface area contributed by atoms with Gasteiger partial charge in [0.25, 0.3) is 0 Å². The molecule has 2 unspecified atom stereocenters. The van der Waals surface area contributed by atoms with Gasteiger partial charge in [-0.25, -0.2) is 0 Å². The SMILES string of the molecule is Cc1nn(C)c(C)c1C1CCCN1C(=O)C(c1ccccc1)N(C)C. The van der Waals surface area contributed by atoms with Crippen LogP contribution in [0.3, 0.4) is 0 Å². The Balaban J connectivity index is 1.94. The third-order valence-electron chi connectivity index (χ3n) is 5.30. The van der Waals surface area contributed by atoms with Crippen LogP contribution in [0, 0.1) is 13.8 Å². The monoisotopic (exact) mass is 340 g/mol. The van der Waals surface area contributed by atoms with Gasteiger partial charge in [-0.3, -0.25) is 14.4 Å². The van der Waals surface area contributed by atoms with Crippen LogP contribution in [0.1, 0.15) is 47.4 Å². The molecule has 2 atom stereocenters. The van der Waals surface area contributed by atoms with E-state index in [9.17, 15) is 4.79 Å². The summed E-state index contributed by atoms with van der Waals surface area (Å²) in [5.41, 5.74) is 4.45. The van der Waals surface area contributed by atoms with Gasteiger partial charge in [0.05, 0.1) is 11.7 Å². The number of carbonyl (C=O) groups is 1. The van der Waals surface area contributed by atoms with Crippen molar-refractivity contribution < 1.29 is 4.79 Å². The Morgan fingerprint density at radius 2 is 1.92 bits per heavy atom. The lowest BCUT2D eigenvalue weighted by atomic mass is 10.00. The summed E-state index contributed by atoms with van der Waals surface area (Å²) in [4.78, 5) is 17.5. The molecule has 1 aliphatic rings. The van der Waals surface area contributed by atoms with E-state index < -0.39 is 0 Å². The standard InChI is InChI=1S/C20H28N4O/c1-14-18(15(2)23(5)21-14)17-12-9-13-24(17)20(25)19(22(3)4)16-10-7-6-8-11-16/h6-8,10-11,17,19H,9,12-13H2,1-5H3. The molecule has 1 aromatic heterocycles. The largest absolute Gasteiger partial charge is 0.334 e. The molecule has 2 aromatic rings. The summed E-state index contributed by atoms with van der Waals surface area (Å²) in [6, 6.07) is 9.93. The Hall–Kier alpha value is -2.14. The van der Waals surface area contributed by atoms with Crippen LogP contribution in [-0.4, -0.2) is 46.1 Å². The molecule has 0 N–H and O–H groups in total. The topological polar surface area (TPSA) is 41.4 Å². The summed E-state index contributed by atoms with van der Waals surface area (Å²) in [7, 11) is 5.92. The normalized spacial score (nSPS) is 18.8. The average molecular weight is 340 g/mol.